The zero-order valence-electron chi connectivity index (χ0n) is 7.68. The zero-order chi connectivity index (χ0) is 9.97. The molecule has 0 saturated heterocycles. The quantitative estimate of drug-likeness (QED) is 0.672. The molecular formula is C10H8N4. The highest BCUT2D eigenvalue weighted by Crippen LogP contribution is 2.18. The lowest BCUT2D eigenvalue weighted by atomic mass is 10.1. The number of nitrogens with zero attached hydrogens (tertiary/aromatic N) is 4. The van der Waals surface area contributed by atoms with Crippen LogP contribution in [0.4, 0.5) is 0 Å². The Bertz CT molecular complexity index is 479. The van der Waals surface area contributed by atoms with Gasteiger partial charge in [-0.2, -0.15) is 15.2 Å². The van der Waals surface area contributed by atoms with E-state index in [4.69, 9.17) is 5.26 Å². The second-order valence-corrected chi connectivity index (χ2v) is 2.86. The van der Waals surface area contributed by atoms with Gasteiger partial charge in [0.1, 0.15) is 11.8 Å². The molecule has 0 aliphatic heterocycles. The lowest BCUT2D eigenvalue weighted by Crippen LogP contribution is -1.91. The van der Waals surface area contributed by atoms with Crippen LogP contribution in [0.1, 0.15) is 5.69 Å². The molecule has 0 N–H and O–H groups in total. The summed E-state index contributed by atoms with van der Waals surface area (Å²) < 4.78 is 0. The molecule has 4 nitrogen and oxygen atoms in total. The third-order valence-corrected chi connectivity index (χ3v) is 1.87. The summed E-state index contributed by atoms with van der Waals surface area (Å²) in [5.74, 6) is 0. The van der Waals surface area contributed by atoms with Gasteiger partial charge >= 0.3 is 0 Å². The molecule has 1 aromatic carbocycles. The maximum absolute atomic E-state index is 8.83. The Morgan fingerprint density at radius 3 is 2.57 bits per heavy atom. The molecule has 68 valence electrons. The molecule has 1 aromatic heterocycles. The summed E-state index contributed by atoms with van der Waals surface area (Å²) in [6.07, 6.45) is 0. The normalized spacial score (nSPS) is 9.71. The lowest BCUT2D eigenvalue weighted by Gasteiger charge is -1.93. The van der Waals surface area contributed by atoms with Crippen LogP contribution in [0.5, 0.6) is 0 Å². The van der Waals surface area contributed by atoms with Crippen molar-refractivity contribution in [1.82, 2.24) is 15.0 Å². The van der Waals surface area contributed by atoms with Crippen LogP contribution in [0.15, 0.2) is 30.3 Å². The van der Waals surface area contributed by atoms with Crippen molar-refractivity contribution < 1.29 is 0 Å². The highest BCUT2D eigenvalue weighted by atomic mass is 15.5. The van der Waals surface area contributed by atoms with Crippen molar-refractivity contribution in [2.24, 2.45) is 7.05 Å². The molecule has 0 aliphatic rings. The number of benzene rings is 1. The maximum atomic E-state index is 8.83. The fourth-order valence-electron chi connectivity index (χ4n) is 1.27. The molecule has 0 fully saturated rings. The summed E-state index contributed by atoms with van der Waals surface area (Å²) in [7, 11) is 1.70. The standard InChI is InChI=1S/C10H8N4/c1-14-12-9(7-11)10(13-14)8-5-3-2-4-6-8/h2-6H,1H3. The van der Waals surface area contributed by atoms with Crippen molar-refractivity contribution in [3.05, 3.63) is 36.0 Å². The van der Waals surface area contributed by atoms with E-state index in [2.05, 4.69) is 10.2 Å². The Balaban J connectivity index is 2.58. The van der Waals surface area contributed by atoms with Crippen molar-refractivity contribution in [1.29, 1.82) is 5.26 Å². The van der Waals surface area contributed by atoms with E-state index in [-0.39, 0.29) is 0 Å². The number of aryl methyl sites for hydroxylation is 1. The number of hydrogen-bond acceptors (Lipinski definition) is 3. The van der Waals surface area contributed by atoms with Crippen LogP contribution < -0.4 is 0 Å². The molecule has 0 saturated carbocycles. The zero-order valence-corrected chi connectivity index (χ0v) is 7.68. The van der Waals surface area contributed by atoms with Gasteiger partial charge in [0, 0.05) is 12.6 Å². The van der Waals surface area contributed by atoms with Gasteiger partial charge in [0.05, 0.1) is 0 Å². The third-order valence-electron chi connectivity index (χ3n) is 1.87. The van der Waals surface area contributed by atoms with Crippen LogP contribution in [-0.4, -0.2) is 15.0 Å². The Morgan fingerprint density at radius 2 is 1.93 bits per heavy atom. The van der Waals surface area contributed by atoms with Crippen molar-refractivity contribution in [3.63, 3.8) is 0 Å². The number of aromatic nitrogens is 3. The number of nitriles is 1. The van der Waals surface area contributed by atoms with Gasteiger partial charge in [0.25, 0.3) is 0 Å². The first-order chi connectivity index (χ1) is 6.81. The van der Waals surface area contributed by atoms with Gasteiger partial charge in [-0.1, -0.05) is 30.3 Å². The van der Waals surface area contributed by atoms with E-state index in [1.54, 1.807) is 7.05 Å². The fourth-order valence-corrected chi connectivity index (χ4v) is 1.27. The van der Waals surface area contributed by atoms with Gasteiger partial charge < -0.3 is 0 Å². The van der Waals surface area contributed by atoms with Crippen molar-refractivity contribution in [2.45, 2.75) is 0 Å². The van der Waals surface area contributed by atoms with Crippen molar-refractivity contribution in [2.75, 3.05) is 0 Å². The molecule has 0 bridgehead atoms. The minimum atomic E-state index is 0.360. The molecule has 2 aromatic rings. The SMILES string of the molecule is Cn1nc(C#N)c(-c2ccccc2)n1. The summed E-state index contributed by atoms with van der Waals surface area (Å²) in [6, 6.07) is 11.6. The van der Waals surface area contributed by atoms with Gasteiger partial charge in [-0.25, -0.2) is 0 Å². The second-order valence-electron chi connectivity index (χ2n) is 2.86. The maximum Gasteiger partial charge on any atom is 0.190 e. The first-order valence-electron chi connectivity index (χ1n) is 4.18. The van der Waals surface area contributed by atoms with E-state index in [0.717, 1.165) is 5.56 Å². The van der Waals surface area contributed by atoms with Crippen LogP contribution in [-0.2, 0) is 7.05 Å². The molecule has 0 unspecified atom stereocenters. The summed E-state index contributed by atoms with van der Waals surface area (Å²) >= 11 is 0. The first kappa shape index (κ1) is 8.45. The average Bonchev–Trinajstić information content (AvgIpc) is 2.61. The van der Waals surface area contributed by atoms with E-state index in [9.17, 15) is 0 Å². The molecule has 4 heteroatoms. The predicted octanol–water partition coefficient (Wildman–Crippen LogP) is 1.35. The topological polar surface area (TPSA) is 54.5 Å². The van der Waals surface area contributed by atoms with Crippen LogP contribution >= 0.6 is 0 Å². The van der Waals surface area contributed by atoms with Gasteiger partial charge in [-0.3, -0.25) is 0 Å². The van der Waals surface area contributed by atoms with E-state index in [1.807, 2.05) is 36.4 Å². The minimum absolute atomic E-state index is 0.360. The molecule has 1 heterocycles. The molecule has 0 atom stereocenters. The Labute approximate surface area is 81.4 Å². The molecule has 0 spiro atoms. The average molecular weight is 184 g/mol. The summed E-state index contributed by atoms with van der Waals surface area (Å²) in [5, 5.41) is 16.9. The molecule has 0 radical (unpaired) electrons. The summed E-state index contributed by atoms with van der Waals surface area (Å²) in [6.45, 7) is 0. The molecular weight excluding hydrogens is 176 g/mol. The Morgan fingerprint density at radius 1 is 1.21 bits per heavy atom. The van der Waals surface area contributed by atoms with Crippen LogP contribution in [0.2, 0.25) is 0 Å². The smallest absolute Gasteiger partial charge is 0.190 e. The largest absolute Gasteiger partial charge is 0.191 e. The van der Waals surface area contributed by atoms with Crippen LogP contribution in [0.25, 0.3) is 11.3 Å². The molecule has 0 aliphatic carbocycles. The number of rotatable bonds is 1. The van der Waals surface area contributed by atoms with Gasteiger partial charge in [0.2, 0.25) is 0 Å². The third kappa shape index (κ3) is 1.36. The fraction of sp³-hybridized carbons (Fsp3) is 0.100. The van der Waals surface area contributed by atoms with E-state index in [1.165, 1.54) is 4.80 Å². The molecule has 0 amide bonds. The van der Waals surface area contributed by atoms with E-state index in [0.29, 0.717) is 11.4 Å². The van der Waals surface area contributed by atoms with E-state index >= 15 is 0 Å². The van der Waals surface area contributed by atoms with Crippen molar-refractivity contribution >= 4 is 0 Å². The predicted molar refractivity (Wildman–Crippen MR) is 51.2 cm³/mol. The van der Waals surface area contributed by atoms with E-state index < -0.39 is 0 Å². The summed E-state index contributed by atoms with van der Waals surface area (Å²) in [5.41, 5.74) is 1.91. The Hall–Kier alpha value is -2.15. The minimum Gasteiger partial charge on any atom is -0.191 e. The monoisotopic (exact) mass is 184 g/mol. The second kappa shape index (κ2) is 3.30. The van der Waals surface area contributed by atoms with Crippen molar-refractivity contribution in [3.8, 4) is 17.3 Å². The van der Waals surface area contributed by atoms with Gasteiger partial charge in [-0.05, 0) is 0 Å². The Kier molecular flexibility index (Phi) is 1.99. The van der Waals surface area contributed by atoms with Crippen LogP contribution in [0.3, 0.4) is 0 Å². The molecule has 2 rings (SSSR count). The lowest BCUT2D eigenvalue weighted by molar-refractivity contribution is 0.653. The highest BCUT2D eigenvalue weighted by molar-refractivity contribution is 5.63. The summed E-state index contributed by atoms with van der Waals surface area (Å²) in [4.78, 5) is 1.40. The van der Waals surface area contributed by atoms with Gasteiger partial charge in [0.15, 0.2) is 5.69 Å². The number of hydrogen-bond donors (Lipinski definition) is 0. The molecule has 14 heavy (non-hydrogen) atoms. The first-order valence-corrected chi connectivity index (χ1v) is 4.18. The van der Waals surface area contributed by atoms with Crippen LogP contribution in [0, 0.1) is 11.3 Å². The highest BCUT2D eigenvalue weighted by Gasteiger charge is 2.10. The van der Waals surface area contributed by atoms with Gasteiger partial charge in [-0.15, -0.1) is 5.10 Å².